The summed E-state index contributed by atoms with van der Waals surface area (Å²) in [5.41, 5.74) is 25.0. The highest BCUT2D eigenvalue weighted by Crippen LogP contribution is 2.61. The SMILES string of the molecule is CCN(CC)CC.CCOCC.CC[C@H](C)NP(=O)(Cl)Oc1ccccc1CCC(=O)OC.CC[C@H](C)NP(=O)(OC[C@H]1O[C@@H](n2cnc3c(N)nc(N)cc32)CC1N=[N+]=[N-])Oc1ccccc1CCC(=O)OC.COC(=O)CCc1ccccc1O.COC(=O)CCc1ccccc1OP(=O)(Cl)Cl.O=C=O.O=C=O.O=P(Cl)(Cl)Cl. The number of esters is 4. The lowest BCUT2D eigenvalue weighted by Gasteiger charge is -2.26. The van der Waals surface area contributed by atoms with Crippen LogP contribution in [-0.2, 0) is 115 Å². The minimum Gasteiger partial charge on any atom is -0.508 e. The third-order valence-corrected chi connectivity index (χ3v) is 19.5. The van der Waals surface area contributed by atoms with Crippen molar-refractivity contribution in [1.29, 1.82) is 0 Å². The van der Waals surface area contributed by atoms with Gasteiger partial charge in [-0.15, -0.1) is 0 Å². The van der Waals surface area contributed by atoms with Crippen LogP contribution in [0.3, 0.4) is 0 Å². The van der Waals surface area contributed by atoms with Crippen LogP contribution in [0.25, 0.3) is 21.5 Å². The maximum atomic E-state index is 14.0. The Hall–Kier alpha value is -7.33. The Balaban J connectivity index is 0. The average Bonchev–Trinajstić information content (AvgIpc) is 1.63. The number of anilines is 2. The van der Waals surface area contributed by atoms with Crippen LogP contribution in [0.2, 0.25) is 0 Å². The number of rotatable bonds is 34. The zero-order chi connectivity index (χ0) is 87.8. The Morgan fingerprint density at radius 1 is 0.635 bits per heavy atom. The molecule has 44 heteroatoms. The molecule has 1 aliphatic heterocycles. The van der Waals surface area contributed by atoms with Gasteiger partial charge in [-0.25, -0.2) is 33.8 Å². The number of nitrogen functional groups attached to an aromatic ring is 2. The number of carbonyl (C=O) groups is 4. The van der Waals surface area contributed by atoms with Crippen molar-refractivity contribution in [2.24, 2.45) is 5.11 Å². The third-order valence-electron chi connectivity index (χ3n) is 15.3. The maximum Gasteiger partial charge on any atom is 0.459 e. The molecule has 0 amide bonds. The van der Waals surface area contributed by atoms with Gasteiger partial charge in [0, 0.05) is 102 Å². The molecule has 642 valence electrons. The van der Waals surface area contributed by atoms with Gasteiger partial charge in [0.2, 0.25) is 0 Å². The van der Waals surface area contributed by atoms with E-state index in [4.69, 9.17) is 96.7 Å². The number of halogens is 6. The number of nitrogens with two attached hydrogens (primary N) is 2. The molecule has 7 atom stereocenters. The molecule has 0 radical (unpaired) electrons. The Morgan fingerprint density at radius 3 is 1.38 bits per heavy atom. The van der Waals surface area contributed by atoms with E-state index in [1.807, 2.05) is 53.7 Å². The first-order valence-corrected chi connectivity index (χ1v) is 47.2. The van der Waals surface area contributed by atoms with Crippen molar-refractivity contribution in [2.45, 2.75) is 163 Å². The molecular formula is C71H103Cl6N11O23P4. The number of para-hydroxylation sites is 4. The van der Waals surface area contributed by atoms with E-state index >= 15 is 0 Å². The minimum absolute atomic E-state index is 0.0180. The molecule has 7 rings (SSSR count). The summed E-state index contributed by atoms with van der Waals surface area (Å²) in [6, 6.07) is 28.5. The number of hydrogen-bond acceptors (Lipinski definition) is 29. The number of aromatic hydroxyl groups is 1. The van der Waals surface area contributed by atoms with E-state index in [9.17, 15) is 48.1 Å². The van der Waals surface area contributed by atoms with Gasteiger partial charge in [0.25, 0.3) is 0 Å². The van der Waals surface area contributed by atoms with Gasteiger partial charge in [-0.3, -0.25) is 28.3 Å². The van der Waals surface area contributed by atoms with Crippen LogP contribution in [-0.4, -0.2) is 153 Å². The van der Waals surface area contributed by atoms with E-state index in [1.165, 1.54) is 48.1 Å². The van der Waals surface area contributed by atoms with Crippen LogP contribution in [0.15, 0.2) is 115 Å². The number of pyridine rings is 1. The maximum absolute atomic E-state index is 14.0. The molecule has 6 aromatic rings. The molecule has 2 aromatic heterocycles. The highest BCUT2D eigenvalue weighted by molar-refractivity contribution is 8.24. The van der Waals surface area contributed by atoms with Gasteiger partial charge in [-0.1, -0.05) is 113 Å². The number of imidazole rings is 1. The predicted molar refractivity (Wildman–Crippen MR) is 441 cm³/mol. The molecule has 0 spiro atoms. The fraction of sp³-hybridized carbons (Fsp3) is 0.493. The third kappa shape index (κ3) is 50.8. The summed E-state index contributed by atoms with van der Waals surface area (Å²) in [6.45, 7) is 19.7. The Bertz CT molecular complexity index is 4140. The van der Waals surface area contributed by atoms with Crippen LogP contribution in [0.1, 0.15) is 136 Å². The number of benzene rings is 4. The van der Waals surface area contributed by atoms with Crippen LogP contribution in [0.5, 0.6) is 23.0 Å². The summed E-state index contributed by atoms with van der Waals surface area (Å²) in [4.78, 5) is 90.9. The van der Waals surface area contributed by atoms with Gasteiger partial charge in [0.05, 0.1) is 59.0 Å². The second-order valence-electron chi connectivity index (χ2n) is 23.1. The fourth-order valence-corrected chi connectivity index (χ4v) is 13.7. The molecule has 0 bridgehead atoms. The summed E-state index contributed by atoms with van der Waals surface area (Å²) in [5.74, 6) is 0.389. The van der Waals surface area contributed by atoms with Crippen molar-refractivity contribution in [2.75, 3.05) is 79.4 Å². The summed E-state index contributed by atoms with van der Waals surface area (Å²) in [6.07, 6.45) is 1.31. The number of hydrogen-bond donors (Lipinski definition) is 5. The van der Waals surface area contributed by atoms with Crippen LogP contribution >= 0.6 is 93.3 Å². The van der Waals surface area contributed by atoms with Crippen molar-refractivity contribution in [1.82, 2.24) is 29.6 Å². The van der Waals surface area contributed by atoms with Crippen molar-refractivity contribution >= 4 is 152 Å². The van der Waals surface area contributed by atoms with Crippen LogP contribution in [0.4, 0.5) is 11.6 Å². The molecule has 0 aliphatic carbocycles. The standard InChI is InChI=1S/C25H34N9O6P.C14H21ClNO4P.C10H11Cl2O4P.C10H12O3.C6H15N.C4H10O.2CO2.Cl3OP/c1-4-15(2)32-41(36,40-19-8-6-5-7-16(19)9-10-23(35)37-3)38-13-20-17(31-33-28)11-22(39-20)34-14-29-24-18(34)12-21(26)30-25(24)27;1-4-11(2)16-21(15,18)20-13-8-6-5-7-12(13)9-10-14(17)19-3;1-15-10(13)7-6-8-4-2-3-5-9(8)16-17(11,12)14;1-13-10(12)7-6-8-4-2-3-5-9(8)11;1-4-7(5-2)6-3;1-3-5-4-2;2*2-1-3;1-5(2,3)4/h5-8,12,14-15,17,20,22H,4,9-11,13H2,1-3H3,(H,32,36)(H4,26,27,30);5-8,11H,4,9-10H2,1-3H3,(H,16,18);2-5H,6-7H2,1H3;2-5,11H,6-7H2,1H3;4-6H2,1-3H3;3-4H2,1-2H3;;;/t15-,17?,20+,22+,41?;11-,21?;;;;;;;/m00......./s1. The molecule has 34 nitrogen and oxygen atoms in total. The highest BCUT2D eigenvalue weighted by atomic mass is 36.0. The Labute approximate surface area is 698 Å². The number of aryl methyl sites for hydroxylation is 4. The van der Waals surface area contributed by atoms with Gasteiger partial charge < -0.3 is 68.0 Å². The van der Waals surface area contributed by atoms with Gasteiger partial charge in [0.15, 0.2) is 5.82 Å². The van der Waals surface area contributed by atoms with Crippen molar-refractivity contribution in [3.05, 3.63) is 142 Å². The highest BCUT2D eigenvalue weighted by Gasteiger charge is 2.40. The number of nitrogens with zero attached hydrogens (tertiary/aromatic N) is 7. The number of methoxy groups -OCH3 is 4. The number of phenols is 1. The number of fused-ring (bicyclic) bond motifs is 1. The van der Waals surface area contributed by atoms with Crippen molar-refractivity contribution in [3.63, 3.8) is 0 Å². The number of phenolic OH excluding ortho intramolecular Hbond substituents is 1. The monoisotopic (exact) mass is 1810 g/mol. The number of aromatic nitrogens is 3. The van der Waals surface area contributed by atoms with E-state index in [1.54, 1.807) is 102 Å². The van der Waals surface area contributed by atoms with Crippen LogP contribution in [0, 0.1) is 0 Å². The largest absolute Gasteiger partial charge is 0.508 e. The first-order chi connectivity index (χ1) is 54.3. The second kappa shape index (κ2) is 61.9. The summed E-state index contributed by atoms with van der Waals surface area (Å²) >= 11 is 30.5. The summed E-state index contributed by atoms with van der Waals surface area (Å²) in [5, 5.41) is 15.7. The van der Waals surface area contributed by atoms with Crippen LogP contribution < -0.4 is 35.2 Å². The topological polar surface area (TPSA) is 476 Å². The smallest absolute Gasteiger partial charge is 0.459 e. The van der Waals surface area contributed by atoms with Gasteiger partial charge in [-0.05, 0) is 172 Å². The zero-order valence-corrected chi connectivity index (χ0v) is 74.2. The molecule has 0 saturated carbocycles. The number of ether oxygens (including phenoxy) is 6. The van der Waals surface area contributed by atoms with E-state index in [0.717, 1.165) is 30.8 Å². The van der Waals surface area contributed by atoms with Crippen molar-refractivity contribution in [3.8, 4) is 23.0 Å². The number of azide groups is 1. The zero-order valence-electron chi connectivity index (χ0n) is 66.1. The van der Waals surface area contributed by atoms with E-state index in [-0.39, 0.29) is 91.5 Å². The summed E-state index contributed by atoms with van der Waals surface area (Å²) < 4.78 is 100. The molecule has 1 aliphatic rings. The quantitative estimate of drug-likeness (QED) is 0.00625. The number of carbonyl (C=O) groups excluding carboxylic acids is 8. The molecule has 1 fully saturated rings. The molecule has 4 aromatic carbocycles. The predicted octanol–water partition coefficient (Wildman–Crippen LogP) is 17.5. The lowest BCUT2D eigenvalue weighted by molar-refractivity contribution is -0.193. The van der Waals surface area contributed by atoms with E-state index in [0.29, 0.717) is 84.4 Å². The molecule has 3 heterocycles. The van der Waals surface area contributed by atoms with Gasteiger partial charge >= 0.3 is 62.1 Å². The fourth-order valence-electron chi connectivity index (χ4n) is 9.25. The van der Waals surface area contributed by atoms with E-state index < -0.39 is 44.3 Å². The van der Waals surface area contributed by atoms with E-state index in [2.05, 4.69) is 104 Å². The molecule has 7 N–H and O–H groups in total. The summed E-state index contributed by atoms with van der Waals surface area (Å²) in [7, 11) is 1.36. The molecule has 3 unspecified atom stereocenters. The lowest BCUT2D eigenvalue weighted by Crippen LogP contribution is -2.30. The normalized spacial score (nSPS) is 14.5. The molecule has 115 heavy (non-hydrogen) atoms. The Morgan fingerprint density at radius 2 is 1.02 bits per heavy atom. The molecule has 1 saturated heterocycles. The molecular weight excluding hydrogens is 1710 g/mol. The minimum atomic E-state index is -3.97. The second-order valence-corrected chi connectivity index (χ2v) is 38.4. The van der Waals surface area contributed by atoms with Gasteiger partial charge in [0.1, 0.15) is 40.6 Å². The average molecular weight is 1820 g/mol. The lowest BCUT2D eigenvalue weighted by atomic mass is 10.1. The first kappa shape index (κ1) is 110. The first-order valence-electron chi connectivity index (χ1n) is 35.3. The Kier molecular flexibility index (Phi) is 59.1. The van der Waals surface area contributed by atoms with Crippen molar-refractivity contribution < 1.29 is 108 Å². The van der Waals surface area contributed by atoms with Gasteiger partial charge in [-0.2, -0.15) is 19.2 Å². The number of nitrogens with one attached hydrogen (secondary N) is 2.